The normalized spacial score (nSPS) is 18.5. The summed E-state index contributed by atoms with van der Waals surface area (Å²) in [6.45, 7) is 0.654. The van der Waals surface area contributed by atoms with Gasteiger partial charge in [-0.25, -0.2) is 0 Å². The Labute approximate surface area is 126 Å². The lowest BCUT2D eigenvalue weighted by Gasteiger charge is -2.33. The maximum Gasteiger partial charge on any atom is 0.258 e. The highest BCUT2D eigenvalue weighted by Crippen LogP contribution is 2.30. The molecule has 110 valence electrons. The van der Waals surface area contributed by atoms with Crippen LogP contribution in [0, 0.1) is 0 Å². The van der Waals surface area contributed by atoms with E-state index >= 15 is 0 Å². The number of para-hydroxylation sites is 1. The molecule has 1 amide bonds. The molecule has 1 atom stereocenters. The van der Waals surface area contributed by atoms with E-state index in [1.165, 1.54) is 0 Å². The molecule has 1 fully saturated rings. The molecule has 0 aliphatic carbocycles. The third-order valence-corrected chi connectivity index (χ3v) is 4.41. The highest BCUT2D eigenvalue weighted by atomic mass is 32.2. The maximum atomic E-state index is 12.8. The molecule has 3 rings (SSSR count). The third kappa shape index (κ3) is 2.71. The summed E-state index contributed by atoms with van der Waals surface area (Å²) in [5.74, 6) is 2.72. The number of methoxy groups -OCH3 is 1. The Hall–Kier alpha value is -2.09. The number of nitrogens with one attached hydrogen (secondary N) is 1. The van der Waals surface area contributed by atoms with Crippen LogP contribution in [0.1, 0.15) is 22.2 Å². The van der Waals surface area contributed by atoms with Crippen LogP contribution in [0.3, 0.4) is 0 Å². The Morgan fingerprint density at radius 3 is 3.10 bits per heavy atom. The van der Waals surface area contributed by atoms with Gasteiger partial charge in [0.2, 0.25) is 0 Å². The number of rotatable bonds is 3. The molecule has 1 aliphatic heterocycles. The Bertz CT molecular complexity index is 619. The summed E-state index contributed by atoms with van der Waals surface area (Å²) in [6.07, 6.45) is 0. The summed E-state index contributed by atoms with van der Waals surface area (Å²) >= 11 is 1.78. The minimum Gasteiger partial charge on any atom is -0.496 e. The van der Waals surface area contributed by atoms with Crippen LogP contribution in [0.5, 0.6) is 5.75 Å². The average Bonchev–Trinajstić information content (AvgIpc) is 3.08. The number of aromatic nitrogens is 4. The second kappa shape index (κ2) is 6.13. The minimum absolute atomic E-state index is 0.0671. The highest BCUT2D eigenvalue weighted by Gasteiger charge is 2.32. The molecule has 2 aromatic rings. The van der Waals surface area contributed by atoms with E-state index in [4.69, 9.17) is 4.74 Å². The Kier molecular flexibility index (Phi) is 4.05. The summed E-state index contributed by atoms with van der Waals surface area (Å²) in [4.78, 5) is 14.6. The predicted octanol–water partition coefficient (Wildman–Crippen LogP) is 1.14. The van der Waals surface area contributed by atoms with Gasteiger partial charge in [0.15, 0.2) is 5.82 Å². The van der Waals surface area contributed by atoms with E-state index in [1.807, 2.05) is 12.1 Å². The Morgan fingerprint density at radius 2 is 2.33 bits per heavy atom. The van der Waals surface area contributed by atoms with Crippen LogP contribution in [-0.2, 0) is 0 Å². The first kappa shape index (κ1) is 13.9. The summed E-state index contributed by atoms with van der Waals surface area (Å²) in [5, 5.41) is 14.1. The van der Waals surface area contributed by atoms with E-state index in [9.17, 15) is 4.79 Å². The summed E-state index contributed by atoms with van der Waals surface area (Å²) in [7, 11) is 1.56. The topological polar surface area (TPSA) is 84.0 Å². The van der Waals surface area contributed by atoms with Crippen LogP contribution in [0.2, 0.25) is 0 Å². The summed E-state index contributed by atoms with van der Waals surface area (Å²) < 4.78 is 5.28. The van der Waals surface area contributed by atoms with Gasteiger partial charge in [0.05, 0.1) is 12.7 Å². The maximum absolute atomic E-state index is 12.8. The molecule has 2 heterocycles. The van der Waals surface area contributed by atoms with Crippen molar-refractivity contribution in [3.8, 4) is 5.75 Å². The van der Waals surface area contributed by atoms with Gasteiger partial charge in [-0.05, 0) is 12.1 Å². The molecule has 1 aromatic carbocycles. The Balaban J connectivity index is 1.91. The smallest absolute Gasteiger partial charge is 0.258 e. The van der Waals surface area contributed by atoms with Gasteiger partial charge in [-0.15, -0.1) is 10.2 Å². The zero-order chi connectivity index (χ0) is 14.7. The molecule has 0 unspecified atom stereocenters. The lowest BCUT2D eigenvalue weighted by Crippen LogP contribution is -2.41. The number of hydrogen-bond donors (Lipinski definition) is 1. The van der Waals surface area contributed by atoms with Crippen LogP contribution in [0.25, 0.3) is 0 Å². The number of aromatic amines is 1. The average molecular weight is 305 g/mol. The van der Waals surface area contributed by atoms with E-state index in [0.717, 1.165) is 11.5 Å². The van der Waals surface area contributed by atoms with Gasteiger partial charge in [0.25, 0.3) is 5.91 Å². The number of tetrazole rings is 1. The van der Waals surface area contributed by atoms with Gasteiger partial charge in [-0.3, -0.25) is 4.79 Å². The minimum atomic E-state index is -0.167. The molecule has 1 N–H and O–H groups in total. The second-order valence-corrected chi connectivity index (χ2v) is 5.71. The van der Waals surface area contributed by atoms with Gasteiger partial charge < -0.3 is 9.64 Å². The molecule has 0 bridgehead atoms. The lowest BCUT2D eigenvalue weighted by atomic mass is 10.1. The van der Waals surface area contributed by atoms with Crippen LogP contribution < -0.4 is 4.74 Å². The first-order chi connectivity index (χ1) is 10.3. The number of benzene rings is 1. The van der Waals surface area contributed by atoms with E-state index in [2.05, 4.69) is 20.6 Å². The highest BCUT2D eigenvalue weighted by molar-refractivity contribution is 7.99. The molecule has 1 aromatic heterocycles. The van der Waals surface area contributed by atoms with Crippen molar-refractivity contribution in [1.29, 1.82) is 0 Å². The lowest BCUT2D eigenvalue weighted by molar-refractivity contribution is 0.0691. The van der Waals surface area contributed by atoms with Crippen LogP contribution in [0.15, 0.2) is 24.3 Å². The van der Waals surface area contributed by atoms with Crippen LogP contribution in [0.4, 0.5) is 0 Å². The zero-order valence-corrected chi connectivity index (χ0v) is 12.3. The fraction of sp³-hybridized carbons (Fsp3) is 0.385. The molecular weight excluding hydrogens is 290 g/mol. The van der Waals surface area contributed by atoms with Gasteiger partial charge >= 0.3 is 0 Å². The molecule has 7 nitrogen and oxygen atoms in total. The monoisotopic (exact) mass is 305 g/mol. The van der Waals surface area contributed by atoms with Gasteiger partial charge in [0.1, 0.15) is 11.8 Å². The number of thioether (sulfide) groups is 1. The van der Waals surface area contributed by atoms with Crippen molar-refractivity contribution in [1.82, 2.24) is 25.5 Å². The number of carbonyl (C=O) groups is 1. The number of nitrogens with zero attached hydrogens (tertiary/aromatic N) is 4. The van der Waals surface area contributed by atoms with Gasteiger partial charge in [-0.1, -0.05) is 17.3 Å². The molecule has 1 aliphatic rings. The summed E-state index contributed by atoms with van der Waals surface area (Å²) in [6, 6.07) is 7.07. The fourth-order valence-electron chi connectivity index (χ4n) is 2.35. The summed E-state index contributed by atoms with van der Waals surface area (Å²) in [5.41, 5.74) is 0.556. The number of hydrogen-bond acceptors (Lipinski definition) is 6. The molecule has 0 spiro atoms. The molecule has 8 heteroatoms. The van der Waals surface area contributed by atoms with Crippen molar-refractivity contribution in [3.63, 3.8) is 0 Å². The molecule has 21 heavy (non-hydrogen) atoms. The zero-order valence-electron chi connectivity index (χ0n) is 11.5. The van der Waals surface area contributed by atoms with E-state index < -0.39 is 0 Å². The first-order valence-electron chi connectivity index (χ1n) is 6.56. The van der Waals surface area contributed by atoms with Crippen LogP contribution in [-0.4, -0.2) is 56.6 Å². The van der Waals surface area contributed by atoms with E-state index in [0.29, 0.717) is 23.7 Å². The van der Waals surface area contributed by atoms with Crippen molar-refractivity contribution in [2.45, 2.75) is 6.04 Å². The largest absolute Gasteiger partial charge is 0.496 e. The van der Waals surface area contributed by atoms with E-state index in [1.54, 1.807) is 35.9 Å². The molecule has 0 radical (unpaired) electrons. The number of H-pyrrole nitrogens is 1. The van der Waals surface area contributed by atoms with E-state index in [-0.39, 0.29) is 11.9 Å². The molecular formula is C13H15N5O2S. The standard InChI is InChI=1S/C13H15N5O2S/c1-20-11-5-3-2-4-9(11)13(19)18-6-7-21-8-10(18)12-14-16-17-15-12/h2-5,10H,6-8H2,1H3,(H,14,15,16,17)/t10-/m0/s1. The van der Waals surface area contributed by atoms with Gasteiger partial charge in [0, 0.05) is 18.1 Å². The van der Waals surface area contributed by atoms with Crippen LogP contribution >= 0.6 is 11.8 Å². The number of carbonyl (C=O) groups excluding carboxylic acids is 1. The molecule has 0 saturated carbocycles. The number of amides is 1. The quantitative estimate of drug-likeness (QED) is 0.915. The third-order valence-electron chi connectivity index (χ3n) is 3.39. The molecule has 1 saturated heterocycles. The van der Waals surface area contributed by atoms with Crippen molar-refractivity contribution >= 4 is 17.7 Å². The SMILES string of the molecule is COc1ccccc1C(=O)N1CCSC[C@H]1c1nn[nH]n1. The predicted molar refractivity (Wildman–Crippen MR) is 78.3 cm³/mol. The number of ether oxygens (including phenoxy) is 1. The second-order valence-electron chi connectivity index (χ2n) is 4.56. The van der Waals surface area contributed by atoms with Crippen molar-refractivity contribution in [2.75, 3.05) is 25.2 Å². The van der Waals surface area contributed by atoms with Gasteiger partial charge in [-0.2, -0.15) is 17.0 Å². The fourth-order valence-corrected chi connectivity index (χ4v) is 3.39. The Morgan fingerprint density at radius 1 is 1.48 bits per heavy atom. The van der Waals surface area contributed by atoms with Crippen molar-refractivity contribution in [2.24, 2.45) is 0 Å². The van der Waals surface area contributed by atoms with Crippen molar-refractivity contribution in [3.05, 3.63) is 35.7 Å². The van der Waals surface area contributed by atoms with Crippen molar-refractivity contribution < 1.29 is 9.53 Å². The first-order valence-corrected chi connectivity index (χ1v) is 7.72.